The maximum atomic E-state index is 12.8. The molecule has 1 amide bonds. The van der Waals surface area contributed by atoms with Gasteiger partial charge in [0.25, 0.3) is 0 Å². The van der Waals surface area contributed by atoms with E-state index in [0.717, 1.165) is 46.8 Å². The molecule has 8 heteroatoms. The van der Waals surface area contributed by atoms with Gasteiger partial charge in [-0.2, -0.15) is 0 Å². The summed E-state index contributed by atoms with van der Waals surface area (Å²) in [5, 5.41) is 9.91. The topological polar surface area (TPSA) is 79.3 Å². The van der Waals surface area contributed by atoms with Crippen LogP contribution in [0.3, 0.4) is 0 Å². The van der Waals surface area contributed by atoms with Crippen LogP contribution in [0.15, 0.2) is 66.7 Å². The minimum absolute atomic E-state index is 0.0435. The quantitative estimate of drug-likeness (QED) is 0.424. The van der Waals surface area contributed by atoms with Crippen molar-refractivity contribution in [3.8, 4) is 11.5 Å². The van der Waals surface area contributed by atoms with Gasteiger partial charge in [-0.25, -0.2) is 0 Å². The number of hydrogen-bond donors (Lipinski definition) is 1. The summed E-state index contributed by atoms with van der Waals surface area (Å²) in [5.74, 6) is 0.737. The highest BCUT2D eigenvalue weighted by molar-refractivity contribution is 6.30. The number of piperazine rings is 1. The molecular weight excluding hydrogens is 492 g/mol. The molecule has 0 bridgehead atoms. The summed E-state index contributed by atoms with van der Waals surface area (Å²) in [6, 6.07) is 20.6. The smallest absolute Gasteiger partial charge is 0.307 e. The molecule has 0 aliphatic carbocycles. The van der Waals surface area contributed by atoms with Crippen LogP contribution in [0.1, 0.15) is 22.3 Å². The average Bonchev–Trinajstić information content (AvgIpc) is 2.90. The van der Waals surface area contributed by atoms with Gasteiger partial charge in [0, 0.05) is 43.3 Å². The van der Waals surface area contributed by atoms with Crippen molar-refractivity contribution in [3.63, 3.8) is 0 Å². The van der Waals surface area contributed by atoms with Crippen molar-refractivity contribution in [1.29, 1.82) is 0 Å². The first-order chi connectivity index (χ1) is 17.9. The van der Waals surface area contributed by atoms with E-state index in [4.69, 9.17) is 21.1 Å². The van der Waals surface area contributed by atoms with Crippen LogP contribution >= 0.6 is 11.6 Å². The molecule has 7 nitrogen and oxygen atoms in total. The highest BCUT2D eigenvalue weighted by atomic mass is 35.5. The molecule has 0 aromatic heterocycles. The minimum atomic E-state index is -0.871. The van der Waals surface area contributed by atoms with Gasteiger partial charge in [0.2, 0.25) is 5.91 Å². The summed E-state index contributed by atoms with van der Waals surface area (Å²) >= 11 is 5.98. The lowest BCUT2D eigenvalue weighted by atomic mass is 10.1. The number of amides is 1. The Hall–Kier alpha value is -3.55. The van der Waals surface area contributed by atoms with Crippen LogP contribution in [0.4, 0.5) is 0 Å². The first-order valence-electron chi connectivity index (χ1n) is 12.2. The van der Waals surface area contributed by atoms with E-state index >= 15 is 0 Å². The molecule has 1 saturated heterocycles. The van der Waals surface area contributed by atoms with Crippen LogP contribution in [0.2, 0.25) is 5.02 Å². The van der Waals surface area contributed by atoms with Gasteiger partial charge in [0.15, 0.2) is 0 Å². The number of rotatable bonds is 10. The molecule has 0 radical (unpaired) electrons. The molecule has 0 unspecified atom stereocenters. The molecule has 1 fully saturated rings. The van der Waals surface area contributed by atoms with E-state index in [1.54, 1.807) is 13.2 Å². The van der Waals surface area contributed by atoms with Gasteiger partial charge in [-0.3, -0.25) is 14.5 Å². The second-order valence-electron chi connectivity index (χ2n) is 9.11. The normalized spacial score (nSPS) is 13.8. The van der Waals surface area contributed by atoms with Crippen LogP contribution in [-0.2, 0) is 35.6 Å². The third-order valence-corrected chi connectivity index (χ3v) is 6.67. The predicted molar refractivity (Wildman–Crippen MR) is 142 cm³/mol. The van der Waals surface area contributed by atoms with Crippen molar-refractivity contribution in [2.24, 2.45) is 0 Å². The number of benzene rings is 3. The van der Waals surface area contributed by atoms with Crippen LogP contribution < -0.4 is 9.47 Å². The van der Waals surface area contributed by atoms with Gasteiger partial charge in [0.1, 0.15) is 18.1 Å². The number of methoxy groups -OCH3 is 1. The molecule has 194 valence electrons. The van der Waals surface area contributed by atoms with Gasteiger partial charge in [-0.05, 0) is 47.0 Å². The molecule has 3 aromatic rings. The van der Waals surface area contributed by atoms with Crippen LogP contribution in [-0.4, -0.2) is 60.1 Å². The van der Waals surface area contributed by atoms with E-state index in [0.29, 0.717) is 37.7 Å². The Morgan fingerprint density at radius 1 is 0.865 bits per heavy atom. The molecule has 1 N–H and O–H groups in total. The Kier molecular flexibility index (Phi) is 9.04. The lowest BCUT2D eigenvalue weighted by Gasteiger charge is -2.35. The van der Waals surface area contributed by atoms with E-state index < -0.39 is 5.97 Å². The molecular formula is C29H31ClN2O5. The standard InChI is InChI=1S/C29H31ClN2O5/c1-36-26-9-4-21(5-10-26)17-28(33)32-14-12-31(13-15-32)19-24-16-23(18-29(34)35)6-11-27(24)37-20-22-2-7-25(30)8-3-22/h2-11,16H,12-15,17-20H2,1H3,(H,34,35). The van der Waals surface area contributed by atoms with E-state index in [2.05, 4.69) is 4.90 Å². The van der Waals surface area contributed by atoms with Gasteiger partial charge in [-0.15, -0.1) is 0 Å². The Bertz CT molecular complexity index is 1210. The summed E-state index contributed by atoms with van der Waals surface area (Å²) in [6.07, 6.45) is 0.321. The highest BCUT2D eigenvalue weighted by Crippen LogP contribution is 2.25. The number of carboxylic acid groups (broad SMARTS) is 1. The Balaban J connectivity index is 1.36. The van der Waals surface area contributed by atoms with Crippen LogP contribution in [0, 0.1) is 0 Å². The molecule has 0 saturated carbocycles. The fourth-order valence-corrected chi connectivity index (χ4v) is 4.48. The zero-order valence-electron chi connectivity index (χ0n) is 20.9. The van der Waals surface area contributed by atoms with Gasteiger partial charge in [-0.1, -0.05) is 48.0 Å². The van der Waals surface area contributed by atoms with Gasteiger partial charge in [0.05, 0.1) is 20.0 Å². The molecule has 3 aromatic carbocycles. The summed E-state index contributed by atoms with van der Waals surface area (Å²) in [5.41, 5.74) is 3.63. The molecule has 4 rings (SSSR count). The zero-order valence-corrected chi connectivity index (χ0v) is 21.6. The third kappa shape index (κ3) is 7.71. The first-order valence-corrected chi connectivity index (χ1v) is 12.6. The fourth-order valence-electron chi connectivity index (χ4n) is 4.35. The first kappa shape index (κ1) is 26.5. The largest absolute Gasteiger partial charge is 0.497 e. The molecule has 37 heavy (non-hydrogen) atoms. The number of carbonyl (C=O) groups excluding carboxylic acids is 1. The van der Waals surface area contributed by atoms with E-state index in [1.165, 1.54) is 0 Å². The predicted octanol–water partition coefficient (Wildman–Crippen LogP) is 4.44. The Labute approximate surface area is 222 Å². The molecule has 1 aliphatic rings. The summed E-state index contributed by atoms with van der Waals surface area (Å²) < 4.78 is 11.3. The Morgan fingerprint density at radius 2 is 1.51 bits per heavy atom. The van der Waals surface area contributed by atoms with E-state index in [9.17, 15) is 14.7 Å². The Morgan fingerprint density at radius 3 is 2.16 bits per heavy atom. The maximum Gasteiger partial charge on any atom is 0.307 e. The number of carbonyl (C=O) groups is 2. The van der Waals surface area contributed by atoms with Crippen molar-refractivity contribution < 1.29 is 24.2 Å². The molecule has 0 spiro atoms. The lowest BCUT2D eigenvalue weighted by molar-refractivity contribution is -0.136. The molecule has 0 atom stereocenters. The van der Waals surface area contributed by atoms with Gasteiger partial charge >= 0.3 is 5.97 Å². The second kappa shape index (κ2) is 12.6. The zero-order chi connectivity index (χ0) is 26.2. The summed E-state index contributed by atoms with van der Waals surface area (Å²) in [4.78, 5) is 28.3. The van der Waals surface area contributed by atoms with E-state index in [-0.39, 0.29) is 12.3 Å². The van der Waals surface area contributed by atoms with Crippen LogP contribution in [0.25, 0.3) is 0 Å². The van der Waals surface area contributed by atoms with Crippen molar-refractivity contribution in [1.82, 2.24) is 9.80 Å². The number of hydrogen-bond acceptors (Lipinski definition) is 5. The summed E-state index contributed by atoms with van der Waals surface area (Å²) in [6.45, 7) is 3.75. The second-order valence-corrected chi connectivity index (χ2v) is 9.55. The van der Waals surface area contributed by atoms with E-state index in [1.807, 2.05) is 65.6 Å². The molecule has 1 heterocycles. The number of ether oxygens (including phenoxy) is 2. The highest BCUT2D eigenvalue weighted by Gasteiger charge is 2.22. The average molecular weight is 523 g/mol. The third-order valence-electron chi connectivity index (χ3n) is 6.42. The lowest BCUT2D eigenvalue weighted by Crippen LogP contribution is -2.48. The van der Waals surface area contributed by atoms with Crippen molar-refractivity contribution in [2.75, 3.05) is 33.3 Å². The molecule has 1 aliphatic heterocycles. The summed E-state index contributed by atoms with van der Waals surface area (Å²) in [7, 11) is 1.62. The van der Waals surface area contributed by atoms with Crippen LogP contribution in [0.5, 0.6) is 11.5 Å². The maximum absolute atomic E-state index is 12.8. The van der Waals surface area contributed by atoms with Crippen molar-refractivity contribution in [2.45, 2.75) is 26.0 Å². The van der Waals surface area contributed by atoms with Crippen molar-refractivity contribution in [3.05, 3.63) is 94.0 Å². The minimum Gasteiger partial charge on any atom is -0.497 e. The number of halogens is 1. The fraction of sp³-hybridized carbons (Fsp3) is 0.310. The monoisotopic (exact) mass is 522 g/mol. The number of nitrogens with zero attached hydrogens (tertiary/aromatic N) is 2. The SMILES string of the molecule is COc1ccc(CC(=O)N2CCN(Cc3cc(CC(=O)O)ccc3OCc3ccc(Cl)cc3)CC2)cc1. The number of aliphatic carboxylic acids is 1. The number of carboxylic acids is 1. The van der Waals surface area contributed by atoms with Crippen molar-refractivity contribution >= 4 is 23.5 Å². The van der Waals surface area contributed by atoms with Gasteiger partial charge < -0.3 is 19.5 Å².